The Hall–Kier alpha value is -1.65. The van der Waals surface area contributed by atoms with Gasteiger partial charge in [0.2, 0.25) is 5.91 Å². The normalized spacial score (nSPS) is 20.7. The maximum atomic E-state index is 12.0. The molecular formula is C14H20N4O. The molecule has 0 bridgehead atoms. The average molecular weight is 260 g/mol. The SMILES string of the molecule is CCC(=O)N1CCN(c2cc(C)ncn2)CC12CC2. The Balaban J connectivity index is 1.78. The highest BCUT2D eigenvalue weighted by Crippen LogP contribution is 2.45. The van der Waals surface area contributed by atoms with Crippen LogP contribution >= 0.6 is 0 Å². The molecular weight excluding hydrogens is 240 g/mol. The van der Waals surface area contributed by atoms with Crippen molar-refractivity contribution in [2.45, 2.75) is 38.6 Å². The molecule has 1 aromatic heterocycles. The van der Waals surface area contributed by atoms with Crippen LogP contribution in [0.15, 0.2) is 12.4 Å². The lowest BCUT2D eigenvalue weighted by Gasteiger charge is -2.42. The van der Waals surface area contributed by atoms with Gasteiger partial charge in [-0.25, -0.2) is 9.97 Å². The number of hydrogen-bond acceptors (Lipinski definition) is 4. The largest absolute Gasteiger partial charge is 0.352 e. The Morgan fingerprint density at radius 3 is 2.79 bits per heavy atom. The van der Waals surface area contributed by atoms with Gasteiger partial charge in [-0.2, -0.15) is 0 Å². The second kappa shape index (κ2) is 4.47. The zero-order chi connectivity index (χ0) is 13.5. The summed E-state index contributed by atoms with van der Waals surface area (Å²) in [7, 11) is 0. The number of nitrogens with zero attached hydrogens (tertiary/aromatic N) is 4. The quantitative estimate of drug-likeness (QED) is 0.806. The van der Waals surface area contributed by atoms with Crippen LogP contribution in [0.3, 0.4) is 0 Å². The molecule has 0 unspecified atom stereocenters. The van der Waals surface area contributed by atoms with Crippen LogP contribution in [0.2, 0.25) is 0 Å². The van der Waals surface area contributed by atoms with Gasteiger partial charge in [-0.3, -0.25) is 4.79 Å². The standard InChI is InChI=1S/C14H20N4O/c1-3-13(19)18-7-6-17(9-14(18)4-5-14)12-8-11(2)15-10-16-12/h8,10H,3-7,9H2,1-2H3. The first-order chi connectivity index (χ1) is 9.14. The van der Waals surface area contributed by atoms with Gasteiger partial charge < -0.3 is 9.80 Å². The third kappa shape index (κ3) is 2.17. The summed E-state index contributed by atoms with van der Waals surface area (Å²) in [6, 6.07) is 2.02. The molecule has 0 aromatic carbocycles. The molecule has 2 aliphatic rings. The van der Waals surface area contributed by atoms with Gasteiger partial charge in [0.25, 0.3) is 0 Å². The third-order valence-corrected chi connectivity index (χ3v) is 4.20. The van der Waals surface area contributed by atoms with Crippen molar-refractivity contribution >= 4 is 11.7 Å². The van der Waals surface area contributed by atoms with E-state index in [0.717, 1.165) is 44.0 Å². The monoisotopic (exact) mass is 260 g/mol. The molecule has 1 saturated carbocycles. The van der Waals surface area contributed by atoms with E-state index in [1.165, 1.54) is 0 Å². The number of amides is 1. The molecule has 1 saturated heterocycles. The molecule has 1 aliphatic carbocycles. The molecule has 3 rings (SSSR count). The van der Waals surface area contributed by atoms with Gasteiger partial charge in [-0.15, -0.1) is 0 Å². The first-order valence-electron chi connectivity index (χ1n) is 6.99. The Morgan fingerprint density at radius 2 is 2.16 bits per heavy atom. The molecule has 102 valence electrons. The molecule has 0 N–H and O–H groups in total. The van der Waals surface area contributed by atoms with Crippen molar-refractivity contribution in [1.82, 2.24) is 14.9 Å². The number of aromatic nitrogens is 2. The summed E-state index contributed by atoms with van der Waals surface area (Å²) in [5.74, 6) is 1.28. The summed E-state index contributed by atoms with van der Waals surface area (Å²) in [5.41, 5.74) is 1.08. The maximum absolute atomic E-state index is 12.0. The third-order valence-electron chi connectivity index (χ3n) is 4.20. The van der Waals surface area contributed by atoms with Gasteiger partial charge in [0.15, 0.2) is 0 Å². The highest BCUT2D eigenvalue weighted by atomic mass is 16.2. The predicted molar refractivity (Wildman–Crippen MR) is 73.0 cm³/mol. The molecule has 1 aliphatic heterocycles. The summed E-state index contributed by atoms with van der Waals surface area (Å²) >= 11 is 0. The fourth-order valence-electron chi connectivity index (χ4n) is 2.94. The van der Waals surface area contributed by atoms with Gasteiger partial charge in [0, 0.05) is 37.8 Å². The Bertz CT molecular complexity index is 498. The van der Waals surface area contributed by atoms with Crippen LogP contribution in [-0.2, 0) is 4.79 Å². The van der Waals surface area contributed by atoms with E-state index in [2.05, 4.69) is 19.8 Å². The Labute approximate surface area is 113 Å². The van der Waals surface area contributed by atoms with E-state index >= 15 is 0 Å². The summed E-state index contributed by atoms with van der Waals surface area (Å²) < 4.78 is 0. The van der Waals surface area contributed by atoms with Crippen LogP contribution < -0.4 is 4.90 Å². The Kier molecular flexibility index (Phi) is 2.92. The molecule has 1 amide bonds. The van der Waals surface area contributed by atoms with Crippen molar-refractivity contribution in [3.8, 4) is 0 Å². The minimum absolute atomic E-state index is 0.0875. The highest BCUT2D eigenvalue weighted by molar-refractivity contribution is 5.77. The van der Waals surface area contributed by atoms with Crippen LogP contribution in [0.5, 0.6) is 0 Å². The molecule has 1 spiro atoms. The van der Waals surface area contributed by atoms with E-state index in [4.69, 9.17) is 0 Å². The van der Waals surface area contributed by atoms with E-state index in [0.29, 0.717) is 6.42 Å². The fourth-order valence-corrected chi connectivity index (χ4v) is 2.94. The molecule has 5 nitrogen and oxygen atoms in total. The van der Waals surface area contributed by atoms with E-state index in [9.17, 15) is 4.79 Å². The topological polar surface area (TPSA) is 49.3 Å². The fraction of sp³-hybridized carbons (Fsp3) is 0.643. The zero-order valence-corrected chi connectivity index (χ0v) is 11.6. The second-order valence-corrected chi connectivity index (χ2v) is 5.56. The van der Waals surface area contributed by atoms with E-state index in [-0.39, 0.29) is 11.4 Å². The first kappa shape index (κ1) is 12.4. The van der Waals surface area contributed by atoms with Gasteiger partial charge >= 0.3 is 0 Å². The van der Waals surface area contributed by atoms with Crippen LogP contribution in [0, 0.1) is 6.92 Å². The van der Waals surface area contributed by atoms with E-state index in [1.54, 1.807) is 6.33 Å². The smallest absolute Gasteiger partial charge is 0.222 e. The van der Waals surface area contributed by atoms with Crippen molar-refractivity contribution in [2.75, 3.05) is 24.5 Å². The van der Waals surface area contributed by atoms with Crippen molar-refractivity contribution in [1.29, 1.82) is 0 Å². The number of carbonyl (C=O) groups is 1. The lowest BCUT2D eigenvalue weighted by molar-refractivity contribution is -0.134. The number of aryl methyl sites for hydroxylation is 1. The summed E-state index contributed by atoms with van der Waals surface area (Å²) in [6.45, 7) is 6.52. The first-order valence-corrected chi connectivity index (χ1v) is 6.99. The Morgan fingerprint density at radius 1 is 1.37 bits per heavy atom. The van der Waals surface area contributed by atoms with Crippen LogP contribution in [-0.4, -0.2) is 45.9 Å². The number of hydrogen-bond donors (Lipinski definition) is 0. The van der Waals surface area contributed by atoms with E-state index in [1.807, 2.05) is 19.9 Å². The highest BCUT2D eigenvalue weighted by Gasteiger charge is 2.52. The van der Waals surface area contributed by atoms with Crippen molar-refractivity contribution < 1.29 is 4.79 Å². The number of anilines is 1. The molecule has 0 atom stereocenters. The van der Waals surface area contributed by atoms with Gasteiger partial charge in [-0.05, 0) is 19.8 Å². The summed E-state index contributed by atoms with van der Waals surface area (Å²) in [5, 5.41) is 0. The minimum Gasteiger partial charge on any atom is -0.352 e. The predicted octanol–water partition coefficient (Wildman–Crippen LogP) is 1.38. The number of piperazine rings is 1. The van der Waals surface area contributed by atoms with Crippen LogP contribution in [0.25, 0.3) is 0 Å². The lowest BCUT2D eigenvalue weighted by Crippen LogP contribution is -2.57. The molecule has 2 heterocycles. The molecule has 1 aromatic rings. The number of rotatable bonds is 2. The van der Waals surface area contributed by atoms with E-state index < -0.39 is 0 Å². The lowest BCUT2D eigenvalue weighted by atomic mass is 10.1. The van der Waals surface area contributed by atoms with Crippen molar-refractivity contribution in [3.63, 3.8) is 0 Å². The van der Waals surface area contributed by atoms with Crippen molar-refractivity contribution in [2.24, 2.45) is 0 Å². The van der Waals surface area contributed by atoms with Crippen LogP contribution in [0.1, 0.15) is 31.9 Å². The number of carbonyl (C=O) groups excluding carboxylic acids is 1. The molecule has 19 heavy (non-hydrogen) atoms. The minimum atomic E-state index is 0.0875. The molecule has 5 heteroatoms. The van der Waals surface area contributed by atoms with Crippen LogP contribution in [0.4, 0.5) is 5.82 Å². The average Bonchev–Trinajstić information content (AvgIpc) is 3.17. The van der Waals surface area contributed by atoms with Gasteiger partial charge in [0.1, 0.15) is 12.1 Å². The van der Waals surface area contributed by atoms with Gasteiger partial charge in [0.05, 0.1) is 5.54 Å². The van der Waals surface area contributed by atoms with Crippen molar-refractivity contribution in [3.05, 3.63) is 18.1 Å². The summed E-state index contributed by atoms with van der Waals surface area (Å²) in [6.07, 6.45) is 4.47. The molecule has 2 fully saturated rings. The van der Waals surface area contributed by atoms with Gasteiger partial charge in [-0.1, -0.05) is 6.92 Å². The second-order valence-electron chi connectivity index (χ2n) is 5.56. The zero-order valence-electron chi connectivity index (χ0n) is 11.6. The summed E-state index contributed by atoms with van der Waals surface area (Å²) in [4.78, 5) is 24.9. The molecule has 0 radical (unpaired) electrons. The maximum Gasteiger partial charge on any atom is 0.222 e.